The molecule has 2 aromatic heterocycles. The zero-order valence-corrected chi connectivity index (χ0v) is 23.1. The second-order valence-corrected chi connectivity index (χ2v) is 12.0. The fourth-order valence-electron chi connectivity index (χ4n) is 7.18. The topological polar surface area (TPSA) is 136 Å². The maximum atomic E-state index is 10.3. The number of hydrogen-bond acceptors (Lipinski definition) is 9. The highest BCUT2D eigenvalue weighted by Gasteiger charge is 2.50. The van der Waals surface area contributed by atoms with Crippen LogP contribution in [-0.2, 0) is 6.42 Å². The Kier molecular flexibility index (Phi) is 6.12. The van der Waals surface area contributed by atoms with E-state index in [9.17, 15) is 5.11 Å². The first-order valence-electron chi connectivity index (χ1n) is 14.4. The number of aromatic nitrogens is 3. The Labute approximate surface area is 235 Å². The van der Waals surface area contributed by atoms with Gasteiger partial charge in [0.15, 0.2) is 0 Å². The Morgan fingerprint density at radius 3 is 2.48 bits per heavy atom. The van der Waals surface area contributed by atoms with Crippen molar-refractivity contribution < 1.29 is 5.11 Å². The molecule has 2 saturated heterocycles. The lowest BCUT2D eigenvalue weighted by Crippen LogP contribution is -2.66. The molecule has 210 valence electrons. The van der Waals surface area contributed by atoms with E-state index in [2.05, 4.69) is 31.9 Å². The van der Waals surface area contributed by atoms with Gasteiger partial charge < -0.3 is 36.7 Å². The third-order valence-corrected chi connectivity index (χ3v) is 9.61. The molecule has 0 bridgehead atoms. The molecule has 40 heavy (non-hydrogen) atoms. The molecule has 1 spiro atoms. The smallest absolute Gasteiger partial charge is 0.225 e. The molecular weight excluding hydrogens is 502 g/mol. The summed E-state index contributed by atoms with van der Waals surface area (Å²) in [5, 5.41) is 13.7. The van der Waals surface area contributed by atoms with Gasteiger partial charge in [-0.05, 0) is 43.4 Å². The summed E-state index contributed by atoms with van der Waals surface area (Å²) in [4.78, 5) is 20.3. The van der Waals surface area contributed by atoms with Gasteiger partial charge >= 0.3 is 0 Å². The van der Waals surface area contributed by atoms with Crippen molar-refractivity contribution in [3.63, 3.8) is 0 Å². The zero-order chi connectivity index (χ0) is 27.4. The summed E-state index contributed by atoms with van der Waals surface area (Å²) in [7, 11) is 0. The number of fused-ring (bicyclic) bond motifs is 1. The summed E-state index contributed by atoms with van der Waals surface area (Å²) < 4.78 is 0. The van der Waals surface area contributed by atoms with E-state index in [0.29, 0.717) is 22.5 Å². The quantitative estimate of drug-likeness (QED) is 0.330. The first-order valence-corrected chi connectivity index (χ1v) is 14.4. The number of anilines is 3. The van der Waals surface area contributed by atoms with Gasteiger partial charge in [0, 0.05) is 86.4 Å². The number of H-pyrrole nitrogens is 1. The molecule has 1 saturated carbocycles. The van der Waals surface area contributed by atoms with E-state index in [1.54, 1.807) is 18.2 Å². The van der Waals surface area contributed by atoms with Crippen LogP contribution < -0.4 is 26.6 Å². The van der Waals surface area contributed by atoms with Crippen LogP contribution in [0.1, 0.15) is 48.2 Å². The van der Waals surface area contributed by atoms with Gasteiger partial charge in [-0.1, -0.05) is 12.1 Å². The molecule has 5 heterocycles. The minimum absolute atomic E-state index is 0.00625. The Morgan fingerprint density at radius 1 is 1.07 bits per heavy atom. The second kappa shape index (κ2) is 9.71. The average Bonchev–Trinajstić information content (AvgIpc) is 3.23. The van der Waals surface area contributed by atoms with Crippen LogP contribution in [0.5, 0.6) is 5.75 Å². The Bertz CT molecular complexity index is 1410. The molecule has 10 heteroatoms. The van der Waals surface area contributed by atoms with E-state index in [1.165, 1.54) is 25.9 Å². The van der Waals surface area contributed by atoms with Gasteiger partial charge in [0.25, 0.3) is 0 Å². The van der Waals surface area contributed by atoms with Crippen LogP contribution in [-0.4, -0.2) is 76.8 Å². The molecule has 4 aliphatic rings. The fourth-order valence-corrected chi connectivity index (χ4v) is 7.18. The minimum atomic E-state index is 0.00625. The van der Waals surface area contributed by atoms with Gasteiger partial charge in [-0.15, -0.1) is 0 Å². The SMILES string of the molecule is CC1c2c([nH]c(N)c2/C=C(\N)c2ccccc2O)CCN1c1ncc(N2CCN(C3CC4(CNC4)C3)CC2)cn1. The highest BCUT2D eigenvalue weighted by molar-refractivity contribution is 5.86. The van der Waals surface area contributed by atoms with Crippen LogP contribution in [0.2, 0.25) is 0 Å². The number of nitrogens with one attached hydrogen (secondary N) is 2. The predicted octanol–water partition coefficient (Wildman–Crippen LogP) is 2.55. The van der Waals surface area contributed by atoms with Crippen LogP contribution in [0, 0.1) is 5.41 Å². The van der Waals surface area contributed by atoms with E-state index in [1.807, 2.05) is 24.5 Å². The molecule has 10 nitrogen and oxygen atoms in total. The molecule has 1 atom stereocenters. The largest absolute Gasteiger partial charge is 0.507 e. The number of para-hydroxylation sites is 1. The first-order chi connectivity index (χ1) is 19.4. The fraction of sp³-hybridized carbons (Fsp3) is 0.467. The average molecular weight is 542 g/mol. The summed E-state index contributed by atoms with van der Waals surface area (Å²) in [5.74, 6) is 1.44. The van der Waals surface area contributed by atoms with Crippen molar-refractivity contribution in [1.29, 1.82) is 0 Å². The van der Waals surface area contributed by atoms with E-state index < -0.39 is 0 Å². The summed E-state index contributed by atoms with van der Waals surface area (Å²) in [6.45, 7) is 9.63. The lowest BCUT2D eigenvalue weighted by molar-refractivity contribution is -0.0373. The number of piperazine rings is 1. The van der Waals surface area contributed by atoms with Crippen LogP contribution in [0.15, 0.2) is 36.7 Å². The lowest BCUT2D eigenvalue weighted by atomic mass is 9.61. The second-order valence-electron chi connectivity index (χ2n) is 12.0. The summed E-state index contributed by atoms with van der Waals surface area (Å²) in [6, 6.07) is 7.84. The van der Waals surface area contributed by atoms with Crippen molar-refractivity contribution in [1.82, 2.24) is 25.2 Å². The molecule has 7 N–H and O–H groups in total. The number of nitrogen functional groups attached to an aromatic ring is 1. The Morgan fingerprint density at radius 2 is 1.80 bits per heavy atom. The normalized spacial score (nSPS) is 23.1. The van der Waals surface area contributed by atoms with Crippen LogP contribution in [0.3, 0.4) is 0 Å². The van der Waals surface area contributed by atoms with Gasteiger partial charge in [0.05, 0.1) is 24.1 Å². The Balaban J connectivity index is 1.04. The molecule has 3 aromatic rings. The molecule has 0 radical (unpaired) electrons. The third kappa shape index (κ3) is 4.26. The molecule has 0 amide bonds. The van der Waals surface area contributed by atoms with Crippen molar-refractivity contribution >= 4 is 29.2 Å². The number of nitrogens with two attached hydrogens (primary N) is 2. The lowest BCUT2D eigenvalue weighted by Gasteiger charge is -2.58. The van der Waals surface area contributed by atoms with E-state index >= 15 is 0 Å². The van der Waals surface area contributed by atoms with E-state index in [0.717, 1.165) is 73.6 Å². The van der Waals surface area contributed by atoms with Gasteiger partial charge in [-0.2, -0.15) is 0 Å². The van der Waals surface area contributed by atoms with Gasteiger partial charge in [-0.25, -0.2) is 9.97 Å². The van der Waals surface area contributed by atoms with Crippen molar-refractivity contribution in [3.05, 3.63) is 59.0 Å². The number of aromatic hydroxyl groups is 1. The van der Waals surface area contributed by atoms with Crippen molar-refractivity contribution in [2.45, 2.75) is 38.3 Å². The maximum absolute atomic E-state index is 10.3. The molecule has 1 aliphatic carbocycles. The summed E-state index contributed by atoms with van der Waals surface area (Å²) in [5.41, 5.74) is 18.7. The van der Waals surface area contributed by atoms with Crippen LogP contribution in [0.4, 0.5) is 17.5 Å². The number of nitrogens with zero attached hydrogens (tertiary/aromatic N) is 5. The highest BCUT2D eigenvalue weighted by Crippen LogP contribution is 2.46. The number of phenolic OH excluding ortho intramolecular Hbond substituents is 1. The zero-order valence-electron chi connectivity index (χ0n) is 23.1. The van der Waals surface area contributed by atoms with E-state index in [-0.39, 0.29) is 11.8 Å². The van der Waals surface area contributed by atoms with Gasteiger partial charge in [0.2, 0.25) is 5.95 Å². The Hall–Kier alpha value is -3.76. The van der Waals surface area contributed by atoms with Crippen LogP contribution in [0.25, 0.3) is 11.8 Å². The standard InChI is InChI=1S/C30H39N9O/c1-19-27-23(12-24(31)22-4-2-3-5-26(22)40)28(32)36-25(27)6-7-39(19)29-34-15-21(16-35-29)38-10-8-37(9-11-38)20-13-30(14-20)17-33-18-30/h2-5,12,15-16,19-20,33,36,40H,6-11,13-14,17-18,31-32H2,1H3/b24-12-. The van der Waals surface area contributed by atoms with Crippen molar-refractivity contribution in [2.24, 2.45) is 11.1 Å². The number of rotatable bonds is 5. The monoisotopic (exact) mass is 541 g/mol. The number of benzene rings is 1. The molecule has 3 fully saturated rings. The van der Waals surface area contributed by atoms with Gasteiger partial charge in [-0.3, -0.25) is 4.90 Å². The number of aromatic amines is 1. The minimum Gasteiger partial charge on any atom is -0.507 e. The van der Waals surface area contributed by atoms with E-state index in [4.69, 9.17) is 21.4 Å². The predicted molar refractivity (Wildman–Crippen MR) is 159 cm³/mol. The van der Waals surface area contributed by atoms with Crippen LogP contribution >= 0.6 is 0 Å². The third-order valence-electron chi connectivity index (χ3n) is 9.61. The highest BCUT2D eigenvalue weighted by atomic mass is 16.3. The molecule has 1 aromatic carbocycles. The van der Waals surface area contributed by atoms with Crippen molar-refractivity contribution in [2.75, 3.05) is 61.3 Å². The first kappa shape index (κ1) is 25.2. The molecule has 1 unspecified atom stereocenters. The van der Waals surface area contributed by atoms with Crippen molar-refractivity contribution in [3.8, 4) is 5.75 Å². The maximum Gasteiger partial charge on any atom is 0.225 e. The number of hydrogen-bond donors (Lipinski definition) is 5. The summed E-state index contributed by atoms with van der Waals surface area (Å²) in [6.07, 6.45) is 9.33. The molecule has 7 rings (SSSR count). The summed E-state index contributed by atoms with van der Waals surface area (Å²) >= 11 is 0. The molecular formula is C30H39N9O. The molecule has 3 aliphatic heterocycles. The van der Waals surface area contributed by atoms with Gasteiger partial charge in [0.1, 0.15) is 11.6 Å². The number of phenols is 1.